The maximum Gasteiger partial charge on any atom is 0.195 e. The Kier molecular flexibility index (Phi) is 7.37. The summed E-state index contributed by atoms with van der Waals surface area (Å²) >= 11 is 0. The number of ether oxygens (including phenoxy) is 2. The topological polar surface area (TPSA) is 58.1 Å². The zero-order valence-electron chi connectivity index (χ0n) is 16.1. The minimum absolute atomic E-state index is 0.573. The van der Waals surface area contributed by atoms with Gasteiger partial charge in [0, 0.05) is 36.9 Å². The number of methoxy groups -OCH3 is 2. The highest BCUT2D eigenvalue weighted by Crippen LogP contribution is 2.30. The maximum atomic E-state index is 5.36. The van der Waals surface area contributed by atoms with Crippen molar-refractivity contribution < 1.29 is 9.47 Å². The number of aliphatic imine (C=N–C) groups is 1. The van der Waals surface area contributed by atoms with Crippen molar-refractivity contribution in [3.63, 3.8) is 0 Å². The first-order valence-electron chi connectivity index (χ1n) is 9.12. The Hall–Kier alpha value is -1.95. The molecule has 0 aromatic heterocycles. The van der Waals surface area contributed by atoms with Gasteiger partial charge in [0.05, 0.1) is 20.8 Å². The zero-order chi connectivity index (χ0) is 18.2. The summed E-state index contributed by atoms with van der Waals surface area (Å²) in [6.07, 6.45) is 2.65. The molecule has 0 heterocycles. The van der Waals surface area contributed by atoms with Gasteiger partial charge in [-0.3, -0.25) is 9.89 Å². The molecule has 0 aliphatic heterocycles. The largest absolute Gasteiger partial charge is 0.493 e. The summed E-state index contributed by atoms with van der Waals surface area (Å²) in [4.78, 5) is 7.27. The van der Waals surface area contributed by atoms with Crippen LogP contribution in [0.3, 0.4) is 0 Å². The second kappa shape index (κ2) is 9.51. The molecule has 0 radical (unpaired) electrons. The van der Waals surface area contributed by atoms with E-state index in [9.17, 15) is 0 Å². The summed E-state index contributed by atoms with van der Waals surface area (Å²) in [6, 6.07) is 7.09. The van der Waals surface area contributed by atoms with E-state index in [1.165, 1.54) is 12.8 Å². The molecule has 2 rings (SSSR count). The fourth-order valence-corrected chi connectivity index (χ4v) is 2.90. The van der Waals surface area contributed by atoms with E-state index in [1.807, 2.05) is 18.2 Å². The minimum atomic E-state index is 0.573. The number of nitrogens with zero attached hydrogens (tertiary/aromatic N) is 2. The van der Waals surface area contributed by atoms with Gasteiger partial charge in [-0.15, -0.1) is 0 Å². The molecule has 140 valence electrons. The molecule has 0 spiro atoms. The molecule has 1 saturated carbocycles. The van der Waals surface area contributed by atoms with Gasteiger partial charge >= 0.3 is 0 Å². The number of guanidine groups is 1. The first-order chi connectivity index (χ1) is 12.1. The fourth-order valence-electron chi connectivity index (χ4n) is 2.90. The van der Waals surface area contributed by atoms with Crippen molar-refractivity contribution in [3.8, 4) is 11.5 Å². The van der Waals surface area contributed by atoms with E-state index in [2.05, 4.69) is 36.3 Å². The van der Waals surface area contributed by atoms with E-state index in [-0.39, 0.29) is 0 Å². The Morgan fingerprint density at radius 3 is 2.52 bits per heavy atom. The highest BCUT2D eigenvalue weighted by molar-refractivity contribution is 5.93. The van der Waals surface area contributed by atoms with Crippen LogP contribution in [0.15, 0.2) is 23.2 Å². The van der Waals surface area contributed by atoms with Crippen LogP contribution < -0.4 is 20.1 Å². The minimum Gasteiger partial charge on any atom is -0.493 e. The van der Waals surface area contributed by atoms with E-state index in [1.54, 1.807) is 14.2 Å². The van der Waals surface area contributed by atoms with E-state index >= 15 is 0 Å². The zero-order valence-corrected chi connectivity index (χ0v) is 16.1. The first-order valence-corrected chi connectivity index (χ1v) is 9.12. The molecule has 1 fully saturated rings. The molecule has 6 nitrogen and oxygen atoms in total. The highest BCUT2D eigenvalue weighted by atomic mass is 16.5. The third-order valence-electron chi connectivity index (χ3n) is 4.30. The Morgan fingerprint density at radius 1 is 1.24 bits per heavy atom. The number of hydrogen-bond donors (Lipinski definition) is 2. The molecule has 0 unspecified atom stereocenters. The van der Waals surface area contributed by atoms with Crippen molar-refractivity contribution in [2.75, 3.05) is 39.2 Å². The number of benzene rings is 1. The molecule has 1 aliphatic rings. The van der Waals surface area contributed by atoms with Gasteiger partial charge in [0.1, 0.15) is 0 Å². The van der Waals surface area contributed by atoms with Crippen molar-refractivity contribution >= 4 is 11.6 Å². The predicted molar refractivity (Wildman–Crippen MR) is 104 cm³/mol. The lowest BCUT2D eigenvalue weighted by Crippen LogP contribution is -2.36. The van der Waals surface area contributed by atoms with Crippen LogP contribution in [-0.2, 0) is 0 Å². The summed E-state index contributed by atoms with van der Waals surface area (Å²) in [5.74, 6) is 2.20. The van der Waals surface area contributed by atoms with Crippen LogP contribution in [0.1, 0.15) is 33.6 Å². The van der Waals surface area contributed by atoms with Gasteiger partial charge in [-0.05, 0) is 45.7 Å². The van der Waals surface area contributed by atoms with Crippen LogP contribution in [0.2, 0.25) is 0 Å². The summed E-state index contributed by atoms with van der Waals surface area (Å²) in [5.41, 5.74) is 0.917. The Bertz CT molecular complexity index is 569. The summed E-state index contributed by atoms with van der Waals surface area (Å²) in [5, 5.41) is 6.63. The highest BCUT2D eigenvalue weighted by Gasteiger charge is 2.29. The van der Waals surface area contributed by atoms with Crippen LogP contribution in [0, 0.1) is 0 Å². The molecule has 0 amide bonds. The normalized spacial score (nSPS) is 14.8. The number of rotatable bonds is 9. The average Bonchev–Trinajstić information content (AvgIpc) is 3.43. The third kappa shape index (κ3) is 5.81. The van der Waals surface area contributed by atoms with E-state index < -0.39 is 0 Å². The lowest BCUT2D eigenvalue weighted by atomic mass is 10.2. The Labute approximate surface area is 151 Å². The third-order valence-corrected chi connectivity index (χ3v) is 4.30. The quantitative estimate of drug-likeness (QED) is 0.531. The SMILES string of the molecule is CCNC(=NCCN(C(C)C)C1CC1)Nc1ccc(OC)c(OC)c1. The number of hydrogen-bond acceptors (Lipinski definition) is 4. The average molecular weight is 348 g/mol. The van der Waals surface area contributed by atoms with E-state index in [0.717, 1.165) is 37.3 Å². The summed E-state index contributed by atoms with van der Waals surface area (Å²) < 4.78 is 10.6. The molecule has 0 atom stereocenters. The molecule has 0 bridgehead atoms. The van der Waals surface area contributed by atoms with Crippen LogP contribution >= 0.6 is 0 Å². The summed E-state index contributed by atoms with van der Waals surface area (Å²) in [7, 11) is 3.27. The van der Waals surface area contributed by atoms with Crippen LogP contribution in [0.25, 0.3) is 0 Å². The number of nitrogens with one attached hydrogen (secondary N) is 2. The monoisotopic (exact) mass is 348 g/mol. The van der Waals surface area contributed by atoms with Crippen LogP contribution in [0.5, 0.6) is 11.5 Å². The predicted octanol–water partition coefficient (Wildman–Crippen LogP) is 2.95. The molecule has 1 aromatic rings. The Morgan fingerprint density at radius 2 is 1.96 bits per heavy atom. The maximum absolute atomic E-state index is 5.36. The van der Waals surface area contributed by atoms with Gasteiger partial charge in [-0.1, -0.05) is 0 Å². The van der Waals surface area contributed by atoms with Gasteiger partial charge in [0.15, 0.2) is 17.5 Å². The first kappa shape index (κ1) is 19.4. The second-order valence-corrected chi connectivity index (χ2v) is 6.52. The lowest BCUT2D eigenvalue weighted by molar-refractivity contribution is 0.218. The van der Waals surface area contributed by atoms with Crippen molar-refractivity contribution in [3.05, 3.63) is 18.2 Å². The van der Waals surface area contributed by atoms with Crippen molar-refractivity contribution in [2.45, 2.75) is 45.7 Å². The van der Waals surface area contributed by atoms with Crippen molar-refractivity contribution in [2.24, 2.45) is 4.99 Å². The molecule has 25 heavy (non-hydrogen) atoms. The van der Waals surface area contributed by atoms with E-state index in [0.29, 0.717) is 17.5 Å². The van der Waals surface area contributed by atoms with Crippen LogP contribution in [-0.4, -0.2) is 56.8 Å². The lowest BCUT2D eigenvalue weighted by Gasteiger charge is -2.25. The second-order valence-electron chi connectivity index (χ2n) is 6.52. The Balaban J connectivity index is 1.99. The molecule has 1 aliphatic carbocycles. The molecule has 6 heteroatoms. The summed E-state index contributed by atoms with van der Waals surface area (Å²) in [6.45, 7) is 9.17. The smallest absolute Gasteiger partial charge is 0.195 e. The molecular formula is C19H32N4O2. The van der Waals surface area contributed by atoms with Crippen molar-refractivity contribution in [1.29, 1.82) is 0 Å². The molecule has 1 aromatic carbocycles. The van der Waals surface area contributed by atoms with Crippen molar-refractivity contribution in [1.82, 2.24) is 10.2 Å². The molecule has 2 N–H and O–H groups in total. The molecular weight excluding hydrogens is 316 g/mol. The molecule has 0 saturated heterocycles. The van der Waals surface area contributed by atoms with Gasteiger partial charge in [-0.2, -0.15) is 0 Å². The standard InChI is InChI=1S/C19H32N4O2/c1-6-20-19(21-11-12-23(14(2)3)16-8-9-16)22-15-7-10-17(24-4)18(13-15)25-5/h7,10,13-14,16H,6,8-9,11-12H2,1-5H3,(H2,20,21,22). The van der Waals surface area contributed by atoms with E-state index in [4.69, 9.17) is 14.5 Å². The fraction of sp³-hybridized carbons (Fsp3) is 0.632. The van der Waals surface area contributed by atoms with Gasteiger partial charge in [-0.25, -0.2) is 0 Å². The number of anilines is 1. The van der Waals surface area contributed by atoms with Crippen LogP contribution in [0.4, 0.5) is 5.69 Å². The van der Waals surface area contributed by atoms with Gasteiger partial charge < -0.3 is 20.1 Å². The van der Waals surface area contributed by atoms with Gasteiger partial charge in [0.25, 0.3) is 0 Å². The van der Waals surface area contributed by atoms with Gasteiger partial charge in [0.2, 0.25) is 0 Å².